The van der Waals surface area contributed by atoms with Crippen LogP contribution in [0.4, 0.5) is 0 Å². The lowest BCUT2D eigenvalue weighted by molar-refractivity contribution is 0.102. The molecule has 2 N–H and O–H groups in total. The van der Waals surface area contributed by atoms with Crippen molar-refractivity contribution < 1.29 is 5.11 Å². The van der Waals surface area contributed by atoms with E-state index < -0.39 is 5.60 Å². The molecule has 2 aliphatic rings. The molecule has 0 radical (unpaired) electrons. The van der Waals surface area contributed by atoms with E-state index in [1.807, 2.05) is 49.0 Å². The number of nitrogens with one attached hydrogen (secondary N) is 1. The number of halogens is 1. The van der Waals surface area contributed by atoms with E-state index >= 15 is 0 Å². The molecular weight excluding hydrogens is 422 g/mol. The highest BCUT2D eigenvalue weighted by atomic mass is 35.5. The van der Waals surface area contributed by atoms with Gasteiger partial charge in [0, 0.05) is 49.8 Å². The summed E-state index contributed by atoms with van der Waals surface area (Å²) >= 11 is 6.49. The molecule has 1 aliphatic carbocycles. The van der Waals surface area contributed by atoms with Gasteiger partial charge < -0.3 is 15.0 Å². The first-order valence-corrected chi connectivity index (χ1v) is 11.4. The van der Waals surface area contributed by atoms with Crippen LogP contribution >= 0.6 is 11.6 Å². The Morgan fingerprint density at radius 1 is 1.19 bits per heavy atom. The van der Waals surface area contributed by atoms with Gasteiger partial charge in [-0.3, -0.25) is 9.88 Å². The van der Waals surface area contributed by atoms with Gasteiger partial charge in [-0.25, -0.2) is 4.98 Å². The molecular formula is C25H28ClN5O. The van der Waals surface area contributed by atoms with Gasteiger partial charge in [0.15, 0.2) is 0 Å². The Hall–Kier alpha value is -2.51. The molecule has 1 aromatic carbocycles. The van der Waals surface area contributed by atoms with Gasteiger partial charge >= 0.3 is 0 Å². The third-order valence-electron chi connectivity index (χ3n) is 6.53. The Kier molecular flexibility index (Phi) is 5.63. The molecule has 166 valence electrons. The highest BCUT2D eigenvalue weighted by molar-refractivity contribution is 6.30. The smallest absolute Gasteiger partial charge is 0.105 e. The molecule has 2 aromatic heterocycles. The minimum Gasteiger partial charge on any atom is -0.384 e. The van der Waals surface area contributed by atoms with E-state index in [2.05, 4.69) is 33.4 Å². The fourth-order valence-corrected chi connectivity index (χ4v) is 5.08. The minimum absolute atomic E-state index is 0.0000905. The SMILES string of the molecule is Cc1nccn1CC(C)(O)C1=Cc2cccnc2C(N2CCNCC2)c2ccc(Cl)cc21. The summed E-state index contributed by atoms with van der Waals surface area (Å²) in [5, 5.41) is 15.9. The average molecular weight is 450 g/mol. The third kappa shape index (κ3) is 3.88. The van der Waals surface area contributed by atoms with Crippen LogP contribution in [0, 0.1) is 6.92 Å². The van der Waals surface area contributed by atoms with Gasteiger partial charge in [-0.2, -0.15) is 0 Å². The maximum absolute atomic E-state index is 11.8. The van der Waals surface area contributed by atoms with Gasteiger partial charge in [0.25, 0.3) is 0 Å². The van der Waals surface area contributed by atoms with E-state index in [1.54, 1.807) is 6.20 Å². The Balaban J connectivity index is 1.70. The van der Waals surface area contributed by atoms with Crippen molar-refractivity contribution in [2.24, 2.45) is 0 Å². The van der Waals surface area contributed by atoms with Crippen LogP contribution < -0.4 is 5.32 Å². The number of rotatable bonds is 4. The Morgan fingerprint density at radius 2 is 2.00 bits per heavy atom. The monoisotopic (exact) mass is 449 g/mol. The number of pyridine rings is 1. The predicted octanol–water partition coefficient (Wildman–Crippen LogP) is 3.54. The zero-order valence-corrected chi connectivity index (χ0v) is 19.2. The van der Waals surface area contributed by atoms with Crippen molar-refractivity contribution in [2.45, 2.75) is 32.0 Å². The second-order valence-corrected chi connectivity index (χ2v) is 9.27. The fraction of sp³-hybridized carbons (Fsp3) is 0.360. The van der Waals surface area contributed by atoms with Gasteiger partial charge in [0.1, 0.15) is 11.4 Å². The molecule has 0 saturated carbocycles. The summed E-state index contributed by atoms with van der Waals surface area (Å²) in [5.41, 5.74) is 3.85. The quantitative estimate of drug-likeness (QED) is 0.637. The van der Waals surface area contributed by atoms with E-state index in [4.69, 9.17) is 16.6 Å². The summed E-state index contributed by atoms with van der Waals surface area (Å²) in [7, 11) is 0. The molecule has 0 spiro atoms. The van der Waals surface area contributed by atoms with Crippen molar-refractivity contribution in [2.75, 3.05) is 26.2 Å². The molecule has 6 nitrogen and oxygen atoms in total. The van der Waals surface area contributed by atoms with E-state index in [-0.39, 0.29) is 6.04 Å². The second-order valence-electron chi connectivity index (χ2n) is 8.83. The summed E-state index contributed by atoms with van der Waals surface area (Å²) in [5.74, 6) is 0.867. The summed E-state index contributed by atoms with van der Waals surface area (Å²) in [4.78, 5) is 11.6. The number of nitrogens with zero attached hydrogens (tertiary/aromatic N) is 4. The average Bonchev–Trinajstić information content (AvgIpc) is 3.11. The lowest BCUT2D eigenvalue weighted by Crippen LogP contribution is -2.45. The second kappa shape index (κ2) is 8.45. The maximum Gasteiger partial charge on any atom is 0.105 e. The van der Waals surface area contributed by atoms with Crippen molar-refractivity contribution in [3.8, 4) is 0 Å². The highest BCUT2D eigenvalue weighted by Crippen LogP contribution is 2.43. The van der Waals surface area contributed by atoms with Crippen LogP contribution in [0.25, 0.3) is 11.6 Å². The number of piperazine rings is 1. The van der Waals surface area contributed by atoms with Gasteiger partial charge in [-0.05, 0) is 60.4 Å². The van der Waals surface area contributed by atoms with Crippen molar-refractivity contribution in [1.29, 1.82) is 0 Å². The van der Waals surface area contributed by atoms with Crippen molar-refractivity contribution in [3.63, 3.8) is 0 Å². The number of imidazole rings is 1. The zero-order chi connectivity index (χ0) is 22.3. The van der Waals surface area contributed by atoms with Crippen LogP contribution in [-0.4, -0.2) is 56.3 Å². The summed E-state index contributed by atoms with van der Waals surface area (Å²) < 4.78 is 1.98. The number of aryl methyl sites for hydroxylation is 1. The van der Waals surface area contributed by atoms with Gasteiger partial charge in [0.05, 0.1) is 18.3 Å². The molecule has 7 heteroatoms. The molecule has 32 heavy (non-hydrogen) atoms. The van der Waals surface area contributed by atoms with Gasteiger partial charge in [-0.1, -0.05) is 23.7 Å². The first-order chi connectivity index (χ1) is 15.4. The zero-order valence-electron chi connectivity index (χ0n) is 18.4. The van der Waals surface area contributed by atoms with Gasteiger partial charge in [0.2, 0.25) is 0 Å². The van der Waals surface area contributed by atoms with E-state index in [0.717, 1.165) is 60.0 Å². The molecule has 1 aliphatic heterocycles. The van der Waals surface area contributed by atoms with Crippen molar-refractivity contribution in [1.82, 2.24) is 24.8 Å². The van der Waals surface area contributed by atoms with Crippen molar-refractivity contribution >= 4 is 23.3 Å². The fourth-order valence-electron chi connectivity index (χ4n) is 4.90. The third-order valence-corrected chi connectivity index (χ3v) is 6.76. The maximum atomic E-state index is 11.8. The first kappa shape index (κ1) is 21.3. The number of fused-ring (bicyclic) bond motifs is 2. The molecule has 3 heterocycles. The number of benzene rings is 1. The van der Waals surface area contributed by atoms with E-state index in [9.17, 15) is 5.11 Å². The summed E-state index contributed by atoms with van der Waals surface area (Å²) in [6.45, 7) is 7.96. The normalized spacial score (nSPS) is 20.6. The first-order valence-electron chi connectivity index (χ1n) is 11.1. The number of aliphatic hydroxyl groups is 1. The van der Waals surface area contributed by atoms with Crippen LogP contribution in [0.3, 0.4) is 0 Å². The van der Waals surface area contributed by atoms with Crippen LogP contribution in [0.1, 0.15) is 41.2 Å². The largest absolute Gasteiger partial charge is 0.384 e. The Labute approximate surface area is 193 Å². The number of hydrogen-bond donors (Lipinski definition) is 2. The molecule has 1 fully saturated rings. The molecule has 2 atom stereocenters. The molecule has 2 unspecified atom stereocenters. The van der Waals surface area contributed by atoms with Crippen LogP contribution in [-0.2, 0) is 6.54 Å². The summed E-state index contributed by atoms with van der Waals surface area (Å²) in [6.07, 6.45) is 7.61. The molecule has 0 amide bonds. The molecule has 0 bridgehead atoms. The Bertz CT molecular complexity index is 1160. The molecule has 1 saturated heterocycles. The van der Waals surface area contributed by atoms with E-state index in [0.29, 0.717) is 11.6 Å². The molecule has 3 aromatic rings. The topological polar surface area (TPSA) is 66.2 Å². The van der Waals surface area contributed by atoms with Crippen LogP contribution in [0.5, 0.6) is 0 Å². The lowest BCUT2D eigenvalue weighted by Gasteiger charge is -2.36. The highest BCUT2D eigenvalue weighted by Gasteiger charge is 2.36. The number of aromatic nitrogens is 3. The minimum atomic E-state index is -1.14. The van der Waals surface area contributed by atoms with Crippen LogP contribution in [0.2, 0.25) is 5.02 Å². The predicted molar refractivity (Wildman–Crippen MR) is 127 cm³/mol. The van der Waals surface area contributed by atoms with Gasteiger partial charge in [-0.15, -0.1) is 0 Å². The van der Waals surface area contributed by atoms with Crippen molar-refractivity contribution in [3.05, 3.63) is 82.2 Å². The number of hydrogen-bond acceptors (Lipinski definition) is 5. The Morgan fingerprint density at radius 3 is 2.75 bits per heavy atom. The molecule has 5 rings (SSSR count). The van der Waals surface area contributed by atoms with E-state index in [1.165, 1.54) is 0 Å². The lowest BCUT2D eigenvalue weighted by atomic mass is 9.85. The standard InChI is InChI=1S/C25H28ClN5O/c1-17-28-10-13-31(17)16-25(2,32)22-14-18-4-3-7-29-23(18)24(30-11-8-27-9-12-30)20-6-5-19(26)15-21(20)22/h3-7,10,13-15,24,27,32H,8-9,11-12,16H2,1-2H3. The van der Waals surface area contributed by atoms with Crippen LogP contribution in [0.15, 0.2) is 48.9 Å². The summed E-state index contributed by atoms with van der Waals surface area (Å²) in [6, 6.07) is 10.1.